The van der Waals surface area contributed by atoms with Crippen molar-refractivity contribution in [3.63, 3.8) is 0 Å². The van der Waals surface area contributed by atoms with Crippen molar-refractivity contribution < 1.29 is 9.90 Å². The van der Waals surface area contributed by atoms with Gasteiger partial charge in [0.2, 0.25) is 0 Å². The molecule has 4 N–H and O–H groups in total. The van der Waals surface area contributed by atoms with E-state index in [4.69, 9.17) is 5.73 Å². The van der Waals surface area contributed by atoms with Crippen LogP contribution in [0.15, 0.2) is 22.7 Å². The molecule has 1 aromatic carbocycles. The molecule has 21 heavy (non-hydrogen) atoms. The van der Waals surface area contributed by atoms with Crippen molar-refractivity contribution in [3.05, 3.63) is 27.5 Å². The van der Waals surface area contributed by atoms with Crippen LogP contribution in [0.5, 0.6) is 0 Å². The highest BCUT2D eigenvalue weighted by molar-refractivity contribution is 9.10. The zero-order valence-corrected chi connectivity index (χ0v) is 13.8. The van der Waals surface area contributed by atoms with Crippen molar-refractivity contribution in [1.82, 2.24) is 5.32 Å². The molecule has 1 saturated carbocycles. The molecular formula is C15H17BrN2O2S. The second kappa shape index (κ2) is 5.94. The number of thiophene rings is 1. The molecule has 1 heterocycles. The van der Waals surface area contributed by atoms with E-state index in [0.29, 0.717) is 23.0 Å². The number of fused-ring (bicyclic) bond motifs is 1. The first-order chi connectivity index (χ1) is 10.1. The van der Waals surface area contributed by atoms with Crippen molar-refractivity contribution >= 4 is 48.9 Å². The van der Waals surface area contributed by atoms with E-state index in [1.165, 1.54) is 11.3 Å². The van der Waals surface area contributed by atoms with Crippen LogP contribution in [-0.4, -0.2) is 23.7 Å². The number of aliphatic hydroxyl groups excluding tert-OH is 1. The molecule has 0 radical (unpaired) electrons. The monoisotopic (exact) mass is 368 g/mol. The number of hydrogen-bond acceptors (Lipinski definition) is 4. The van der Waals surface area contributed by atoms with Gasteiger partial charge in [-0.1, -0.05) is 22.0 Å². The molecule has 112 valence electrons. The minimum Gasteiger partial charge on any atom is -0.397 e. The lowest BCUT2D eigenvalue weighted by Crippen LogP contribution is -2.28. The smallest absolute Gasteiger partial charge is 0.263 e. The van der Waals surface area contributed by atoms with Crippen molar-refractivity contribution in [2.24, 2.45) is 5.92 Å². The van der Waals surface area contributed by atoms with Crippen molar-refractivity contribution in [1.29, 1.82) is 0 Å². The van der Waals surface area contributed by atoms with E-state index in [9.17, 15) is 9.90 Å². The third-order valence-corrected chi connectivity index (χ3v) is 5.80. The predicted molar refractivity (Wildman–Crippen MR) is 89.6 cm³/mol. The minimum atomic E-state index is -0.211. The highest BCUT2D eigenvalue weighted by Crippen LogP contribution is 2.38. The summed E-state index contributed by atoms with van der Waals surface area (Å²) >= 11 is 4.89. The number of rotatable bonds is 3. The third kappa shape index (κ3) is 2.93. The summed E-state index contributed by atoms with van der Waals surface area (Å²) in [5, 5.41) is 13.4. The lowest BCUT2D eigenvalue weighted by molar-refractivity contribution is 0.0950. The highest BCUT2D eigenvalue weighted by atomic mass is 79.9. The van der Waals surface area contributed by atoms with Gasteiger partial charge in [0.1, 0.15) is 4.88 Å². The Labute approximate surface area is 135 Å². The number of carbonyl (C=O) groups excluding carboxylic acids is 1. The van der Waals surface area contributed by atoms with E-state index in [-0.39, 0.29) is 12.0 Å². The average Bonchev–Trinajstić information content (AvgIpc) is 3.01. The van der Waals surface area contributed by atoms with Gasteiger partial charge in [0.15, 0.2) is 0 Å². The zero-order valence-electron chi connectivity index (χ0n) is 11.4. The second-order valence-electron chi connectivity index (χ2n) is 5.50. The van der Waals surface area contributed by atoms with E-state index >= 15 is 0 Å². The molecule has 2 unspecified atom stereocenters. The summed E-state index contributed by atoms with van der Waals surface area (Å²) in [5.41, 5.74) is 6.66. The predicted octanol–water partition coefficient (Wildman–Crippen LogP) is 3.14. The number of aliphatic hydroxyl groups is 1. The van der Waals surface area contributed by atoms with Crippen LogP contribution in [0.1, 0.15) is 28.9 Å². The van der Waals surface area contributed by atoms with Crippen LogP contribution in [0.25, 0.3) is 10.1 Å². The Morgan fingerprint density at radius 2 is 2.29 bits per heavy atom. The Balaban J connectivity index is 1.76. The first kappa shape index (κ1) is 14.8. The number of nitrogen functional groups attached to an aromatic ring is 1. The topological polar surface area (TPSA) is 75.4 Å². The molecular weight excluding hydrogens is 352 g/mol. The van der Waals surface area contributed by atoms with Crippen LogP contribution in [0.2, 0.25) is 0 Å². The van der Waals surface area contributed by atoms with Crippen LogP contribution in [-0.2, 0) is 0 Å². The number of anilines is 1. The third-order valence-electron chi connectivity index (χ3n) is 3.97. The van der Waals surface area contributed by atoms with E-state index in [0.717, 1.165) is 33.8 Å². The van der Waals surface area contributed by atoms with Crippen LogP contribution in [0.4, 0.5) is 5.69 Å². The van der Waals surface area contributed by atoms with Gasteiger partial charge in [-0.3, -0.25) is 4.79 Å². The molecule has 0 bridgehead atoms. The molecule has 1 aliphatic carbocycles. The van der Waals surface area contributed by atoms with E-state index in [1.807, 2.05) is 18.2 Å². The lowest BCUT2D eigenvalue weighted by Gasteiger charge is -2.10. The summed E-state index contributed by atoms with van der Waals surface area (Å²) in [5.74, 6) is 0.244. The molecule has 0 aliphatic heterocycles. The molecule has 1 fully saturated rings. The number of carbonyl (C=O) groups is 1. The Kier molecular flexibility index (Phi) is 4.19. The fraction of sp³-hybridized carbons (Fsp3) is 0.400. The first-order valence-electron chi connectivity index (χ1n) is 6.99. The maximum absolute atomic E-state index is 12.3. The Morgan fingerprint density at radius 3 is 2.95 bits per heavy atom. The quantitative estimate of drug-likeness (QED) is 0.778. The fourth-order valence-electron chi connectivity index (χ4n) is 2.85. The largest absolute Gasteiger partial charge is 0.397 e. The normalized spacial score (nSPS) is 21.8. The molecule has 4 nitrogen and oxygen atoms in total. The molecule has 0 spiro atoms. The number of amides is 1. The molecule has 6 heteroatoms. The number of nitrogens with two attached hydrogens (primary N) is 1. The van der Waals surface area contributed by atoms with Gasteiger partial charge in [-0.25, -0.2) is 0 Å². The summed E-state index contributed by atoms with van der Waals surface area (Å²) < 4.78 is 1.91. The highest BCUT2D eigenvalue weighted by Gasteiger charge is 2.24. The number of benzene rings is 1. The van der Waals surface area contributed by atoms with E-state index in [2.05, 4.69) is 21.2 Å². The number of nitrogens with one attached hydrogen (secondary N) is 1. The van der Waals surface area contributed by atoms with E-state index < -0.39 is 0 Å². The van der Waals surface area contributed by atoms with Crippen LogP contribution in [0, 0.1) is 5.92 Å². The van der Waals surface area contributed by atoms with Gasteiger partial charge in [-0.05, 0) is 37.3 Å². The Morgan fingerprint density at radius 1 is 1.48 bits per heavy atom. The molecule has 1 aliphatic rings. The van der Waals surface area contributed by atoms with Crippen molar-refractivity contribution in [2.75, 3.05) is 12.3 Å². The lowest BCUT2D eigenvalue weighted by atomic mass is 10.1. The summed E-state index contributed by atoms with van der Waals surface area (Å²) in [6.07, 6.45) is 2.36. The first-order valence-corrected chi connectivity index (χ1v) is 8.60. The van der Waals surface area contributed by atoms with Gasteiger partial charge in [0.05, 0.1) is 11.8 Å². The minimum absolute atomic E-state index is 0.123. The number of hydrogen-bond donors (Lipinski definition) is 3. The summed E-state index contributed by atoms with van der Waals surface area (Å²) in [6.45, 7) is 0.602. The van der Waals surface area contributed by atoms with Crippen LogP contribution >= 0.6 is 27.3 Å². The summed E-state index contributed by atoms with van der Waals surface area (Å²) in [4.78, 5) is 12.9. The van der Waals surface area contributed by atoms with Crippen molar-refractivity contribution in [3.8, 4) is 0 Å². The van der Waals surface area contributed by atoms with Gasteiger partial charge in [-0.2, -0.15) is 0 Å². The van der Waals surface area contributed by atoms with Crippen LogP contribution in [0.3, 0.4) is 0 Å². The van der Waals surface area contributed by atoms with Gasteiger partial charge in [0, 0.05) is 21.1 Å². The maximum atomic E-state index is 12.3. The summed E-state index contributed by atoms with van der Waals surface area (Å²) in [7, 11) is 0. The van der Waals surface area contributed by atoms with Gasteiger partial charge in [0.25, 0.3) is 5.91 Å². The standard InChI is InChI=1S/C15H17BrN2O2S/c16-10-2-1-3-11-12(10)13(17)14(21-11)15(20)18-7-8-4-5-9(19)6-8/h1-3,8-9,19H,4-7,17H2,(H,18,20). The fourth-order valence-corrected chi connectivity index (χ4v) is 4.63. The molecule has 2 aromatic rings. The number of halogens is 1. The Hall–Kier alpha value is -1.11. The second-order valence-corrected chi connectivity index (χ2v) is 7.41. The Bertz CT molecular complexity index is 686. The van der Waals surface area contributed by atoms with Gasteiger partial charge >= 0.3 is 0 Å². The zero-order chi connectivity index (χ0) is 15.0. The SMILES string of the molecule is Nc1c(C(=O)NCC2CCC(O)C2)sc2cccc(Br)c12. The maximum Gasteiger partial charge on any atom is 0.263 e. The van der Waals surface area contributed by atoms with Crippen molar-refractivity contribution in [2.45, 2.75) is 25.4 Å². The van der Waals surface area contributed by atoms with Gasteiger partial charge < -0.3 is 16.2 Å². The summed E-state index contributed by atoms with van der Waals surface area (Å²) in [6, 6.07) is 5.82. The molecule has 1 aromatic heterocycles. The van der Waals surface area contributed by atoms with E-state index in [1.54, 1.807) is 0 Å². The molecule has 0 saturated heterocycles. The van der Waals surface area contributed by atoms with Crippen LogP contribution < -0.4 is 11.1 Å². The molecule has 3 rings (SSSR count). The van der Waals surface area contributed by atoms with Gasteiger partial charge in [-0.15, -0.1) is 11.3 Å². The molecule has 1 amide bonds. The molecule has 2 atom stereocenters. The average molecular weight is 369 g/mol.